The van der Waals surface area contributed by atoms with E-state index in [4.69, 9.17) is 14.2 Å². The lowest BCUT2D eigenvalue weighted by atomic mass is 9.98. The first-order valence-corrected chi connectivity index (χ1v) is 14.5. The largest absolute Gasteiger partial charge is 0.494 e. The molecule has 0 aliphatic carbocycles. The van der Waals surface area contributed by atoms with Crippen molar-refractivity contribution in [1.29, 1.82) is 0 Å². The zero-order valence-corrected chi connectivity index (χ0v) is 23.9. The van der Waals surface area contributed by atoms with Crippen molar-refractivity contribution < 1.29 is 28.6 Å². The maximum Gasteiger partial charge on any atom is 0.330 e. The fraction of sp³-hybridized carbons (Fsp3) is 0.343. The summed E-state index contributed by atoms with van der Waals surface area (Å²) in [6.45, 7) is 7.05. The number of esters is 1. The molecule has 3 aromatic carbocycles. The van der Waals surface area contributed by atoms with Crippen LogP contribution in [0.25, 0.3) is 0 Å². The Morgan fingerprint density at radius 3 is 1.37 bits per heavy atom. The van der Waals surface area contributed by atoms with Crippen molar-refractivity contribution in [3.63, 3.8) is 0 Å². The van der Waals surface area contributed by atoms with Gasteiger partial charge in [0.15, 0.2) is 11.6 Å². The summed E-state index contributed by atoms with van der Waals surface area (Å²) in [6, 6.07) is 20.9. The molecule has 0 aliphatic heterocycles. The van der Waals surface area contributed by atoms with Gasteiger partial charge in [-0.25, -0.2) is 4.79 Å². The van der Waals surface area contributed by atoms with Gasteiger partial charge in [-0.05, 0) is 67.8 Å². The Balaban J connectivity index is 1.44. The number of ether oxygens (including phenoxy) is 3. The Bertz CT molecular complexity index is 1240. The van der Waals surface area contributed by atoms with Crippen LogP contribution in [0.2, 0.25) is 0 Å². The molecule has 0 unspecified atom stereocenters. The van der Waals surface area contributed by atoms with Gasteiger partial charge in [0.25, 0.3) is 0 Å². The molecule has 0 amide bonds. The quantitative estimate of drug-likeness (QED) is 0.0649. The Morgan fingerprint density at radius 1 is 0.561 bits per heavy atom. The van der Waals surface area contributed by atoms with Crippen molar-refractivity contribution >= 4 is 17.5 Å². The molecule has 0 aliphatic rings. The lowest BCUT2D eigenvalue weighted by Gasteiger charge is -2.08. The summed E-state index contributed by atoms with van der Waals surface area (Å²) < 4.78 is 16.4. The number of benzene rings is 3. The zero-order chi connectivity index (χ0) is 29.3. The Hall–Kier alpha value is -4.19. The number of carbonyl (C=O) groups is 3. The molecule has 0 saturated carbocycles. The van der Waals surface area contributed by atoms with Crippen LogP contribution in [0, 0.1) is 0 Å². The molecule has 0 spiro atoms. The van der Waals surface area contributed by atoms with Gasteiger partial charge in [0.1, 0.15) is 11.5 Å². The number of carbonyl (C=O) groups excluding carboxylic acids is 3. The fourth-order valence-electron chi connectivity index (χ4n) is 4.21. The molecular weight excluding hydrogens is 516 g/mol. The lowest BCUT2D eigenvalue weighted by Crippen LogP contribution is -2.05. The predicted octanol–water partition coefficient (Wildman–Crippen LogP) is 7.78. The molecule has 6 heteroatoms. The summed E-state index contributed by atoms with van der Waals surface area (Å²) in [5.41, 5.74) is 2.13. The van der Waals surface area contributed by atoms with E-state index in [0.29, 0.717) is 54.2 Å². The average Bonchev–Trinajstić information content (AvgIpc) is 3.02. The molecule has 0 bridgehead atoms. The van der Waals surface area contributed by atoms with E-state index < -0.39 is 5.97 Å². The molecule has 0 N–H and O–H groups in total. The van der Waals surface area contributed by atoms with Crippen LogP contribution in [0.15, 0.2) is 85.5 Å². The maximum absolute atomic E-state index is 13.0. The van der Waals surface area contributed by atoms with Gasteiger partial charge in [-0.3, -0.25) is 9.59 Å². The maximum atomic E-state index is 13.0. The molecule has 41 heavy (non-hydrogen) atoms. The molecular formula is C35H40O6. The summed E-state index contributed by atoms with van der Waals surface area (Å²) in [6.07, 6.45) is 9.84. The Morgan fingerprint density at radius 2 is 0.927 bits per heavy atom. The molecule has 6 nitrogen and oxygen atoms in total. The van der Waals surface area contributed by atoms with Crippen LogP contribution in [-0.2, 0) is 9.53 Å². The van der Waals surface area contributed by atoms with E-state index in [-0.39, 0.29) is 11.6 Å². The summed E-state index contributed by atoms with van der Waals surface area (Å²) in [4.78, 5) is 36.9. The molecule has 0 saturated heterocycles. The van der Waals surface area contributed by atoms with Crippen molar-refractivity contribution in [3.05, 3.63) is 108 Å². The second-order valence-corrected chi connectivity index (χ2v) is 9.83. The molecule has 0 radical (unpaired) electrons. The summed E-state index contributed by atoms with van der Waals surface area (Å²) in [5, 5.41) is 0. The van der Waals surface area contributed by atoms with Crippen LogP contribution >= 0.6 is 0 Å². The van der Waals surface area contributed by atoms with E-state index in [1.54, 1.807) is 60.7 Å². The van der Waals surface area contributed by atoms with E-state index in [1.807, 2.05) is 12.1 Å². The van der Waals surface area contributed by atoms with Crippen molar-refractivity contribution in [2.24, 2.45) is 0 Å². The van der Waals surface area contributed by atoms with Crippen LogP contribution in [0.3, 0.4) is 0 Å². The van der Waals surface area contributed by atoms with Gasteiger partial charge in [0.05, 0.1) is 19.8 Å². The van der Waals surface area contributed by atoms with Gasteiger partial charge >= 0.3 is 5.97 Å². The van der Waals surface area contributed by atoms with E-state index in [1.165, 1.54) is 32.1 Å². The average molecular weight is 557 g/mol. The minimum absolute atomic E-state index is 0.105. The van der Waals surface area contributed by atoms with Crippen LogP contribution in [0.4, 0.5) is 0 Å². The minimum atomic E-state index is -0.429. The standard InChI is InChI=1S/C35H40O6/c1-3-5-6-7-8-9-24-39-31-20-16-29(17-21-31)34(37)27-12-14-28(15-13-27)35(38)30-18-22-32(23-19-30)40-25-10-11-26-41-33(36)4-2/h4,12-23H,2-3,5-11,24-26H2,1H3. The molecule has 0 atom stereocenters. The van der Waals surface area contributed by atoms with Crippen molar-refractivity contribution in [3.8, 4) is 11.5 Å². The van der Waals surface area contributed by atoms with Gasteiger partial charge in [-0.2, -0.15) is 0 Å². The van der Waals surface area contributed by atoms with Crippen molar-refractivity contribution in [2.45, 2.75) is 58.3 Å². The number of hydrogen-bond acceptors (Lipinski definition) is 6. The first kappa shape index (κ1) is 31.3. The van der Waals surface area contributed by atoms with Crippen LogP contribution in [-0.4, -0.2) is 37.4 Å². The number of rotatable bonds is 19. The van der Waals surface area contributed by atoms with E-state index >= 15 is 0 Å². The van der Waals surface area contributed by atoms with E-state index in [0.717, 1.165) is 24.7 Å². The summed E-state index contributed by atoms with van der Waals surface area (Å²) in [7, 11) is 0. The van der Waals surface area contributed by atoms with Gasteiger partial charge < -0.3 is 14.2 Å². The molecule has 3 aromatic rings. The Labute approximate surface area is 243 Å². The summed E-state index contributed by atoms with van der Waals surface area (Å²) >= 11 is 0. The molecule has 0 heterocycles. The van der Waals surface area contributed by atoms with Crippen molar-refractivity contribution in [2.75, 3.05) is 19.8 Å². The molecule has 216 valence electrons. The second-order valence-electron chi connectivity index (χ2n) is 9.83. The number of unbranched alkanes of at least 4 members (excludes halogenated alkanes) is 6. The Kier molecular flexibility index (Phi) is 13.4. The SMILES string of the molecule is C=CC(=O)OCCCCOc1ccc(C(=O)c2ccc(C(=O)c3ccc(OCCCCCCCC)cc3)cc2)cc1. The molecule has 0 aromatic heterocycles. The number of hydrogen-bond donors (Lipinski definition) is 0. The highest BCUT2D eigenvalue weighted by atomic mass is 16.5. The molecule has 0 fully saturated rings. The molecule has 3 rings (SSSR count). The van der Waals surface area contributed by atoms with Gasteiger partial charge in [0, 0.05) is 28.3 Å². The van der Waals surface area contributed by atoms with E-state index in [9.17, 15) is 14.4 Å². The van der Waals surface area contributed by atoms with Crippen LogP contribution in [0.1, 0.15) is 90.1 Å². The summed E-state index contributed by atoms with van der Waals surface area (Å²) in [5.74, 6) is 0.753. The van der Waals surface area contributed by atoms with Crippen LogP contribution < -0.4 is 9.47 Å². The van der Waals surface area contributed by atoms with E-state index in [2.05, 4.69) is 13.5 Å². The second kappa shape index (κ2) is 17.5. The zero-order valence-electron chi connectivity index (χ0n) is 23.9. The lowest BCUT2D eigenvalue weighted by molar-refractivity contribution is -0.137. The predicted molar refractivity (Wildman–Crippen MR) is 161 cm³/mol. The first-order chi connectivity index (χ1) is 20.0. The normalized spacial score (nSPS) is 10.6. The van der Waals surface area contributed by atoms with Crippen LogP contribution in [0.5, 0.6) is 11.5 Å². The topological polar surface area (TPSA) is 78.9 Å². The van der Waals surface area contributed by atoms with Gasteiger partial charge in [0.2, 0.25) is 0 Å². The third kappa shape index (κ3) is 10.7. The van der Waals surface area contributed by atoms with Gasteiger partial charge in [-0.1, -0.05) is 69.9 Å². The highest BCUT2D eigenvalue weighted by molar-refractivity contribution is 6.11. The monoisotopic (exact) mass is 556 g/mol. The van der Waals surface area contributed by atoms with Gasteiger partial charge in [-0.15, -0.1) is 0 Å². The van der Waals surface area contributed by atoms with Crippen molar-refractivity contribution in [1.82, 2.24) is 0 Å². The fourth-order valence-corrected chi connectivity index (χ4v) is 4.21. The smallest absolute Gasteiger partial charge is 0.330 e. The number of ketones is 2. The third-order valence-corrected chi connectivity index (χ3v) is 6.63. The third-order valence-electron chi connectivity index (χ3n) is 6.63. The highest BCUT2D eigenvalue weighted by Crippen LogP contribution is 2.19. The minimum Gasteiger partial charge on any atom is -0.494 e. The highest BCUT2D eigenvalue weighted by Gasteiger charge is 2.13. The first-order valence-electron chi connectivity index (χ1n) is 14.5.